The van der Waals surface area contributed by atoms with Crippen molar-refractivity contribution in [1.29, 1.82) is 0 Å². The van der Waals surface area contributed by atoms with Crippen LogP contribution in [0.5, 0.6) is 0 Å². The van der Waals surface area contributed by atoms with E-state index in [1.165, 1.54) is 0 Å². The molecule has 0 spiro atoms. The van der Waals surface area contributed by atoms with Crippen molar-refractivity contribution >= 4 is 11.8 Å². The number of hydrogen-bond donors (Lipinski definition) is 1. The number of rotatable bonds is 6. The highest BCUT2D eigenvalue weighted by Gasteiger charge is 2.07. The molecule has 0 amide bonds. The molecule has 0 aliphatic heterocycles. The molecule has 3 heteroatoms. The molecule has 0 saturated carbocycles. The van der Waals surface area contributed by atoms with Crippen LogP contribution in [-0.4, -0.2) is 16.9 Å². The summed E-state index contributed by atoms with van der Waals surface area (Å²) in [6.45, 7) is 2.08. The van der Waals surface area contributed by atoms with Crippen molar-refractivity contribution in [2.24, 2.45) is 0 Å². The number of Topliss-reactive ketones (excluding diaryl/α,β-unsaturated/α-hetero) is 1. The second-order valence-corrected chi connectivity index (χ2v) is 2.55. The number of carbonyl (C=O) groups is 2. The van der Waals surface area contributed by atoms with Gasteiger partial charge in [-0.2, -0.15) is 0 Å². The molecular weight excluding hydrogens is 156 g/mol. The maximum atomic E-state index is 10.5. The van der Waals surface area contributed by atoms with Gasteiger partial charge in [-0.1, -0.05) is 31.9 Å². The Morgan fingerprint density at radius 1 is 1.33 bits per heavy atom. The highest BCUT2D eigenvalue weighted by atomic mass is 16.4. The Morgan fingerprint density at radius 2 is 2.00 bits per heavy atom. The topological polar surface area (TPSA) is 54.4 Å². The van der Waals surface area contributed by atoms with Gasteiger partial charge in [-0.25, -0.2) is 4.79 Å². The van der Waals surface area contributed by atoms with E-state index in [2.05, 4.69) is 6.92 Å². The van der Waals surface area contributed by atoms with Gasteiger partial charge in [0.15, 0.2) is 0 Å². The van der Waals surface area contributed by atoms with Crippen molar-refractivity contribution in [3.63, 3.8) is 0 Å². The standard InChI is InChI=1S/C9H14O3/c1-2-3-4-5-6-7-8(10)9(11)12/h5-6H,2-4,7H2,1H3,(H,11,12)/b6-5-. The van der Waals surface area contributed by atoms with E-state index in [4.69, 9.17) is 5.11 Å². The molecule has 0 aromatic rings. The molecule has 0 aliphatic rings. The SMILES string of the molecule is CCCC/C=C\CC(=O)C(=O)O. The average Bonchev–Trinajstić information content (AvgIpc) is 2.03. The summed E-state index contributed by atoms with van der Waals surface area (Å²) in [5.41, 5.74) is 0. The largest absolute Gasteiger partial charge is 0.475 e. The number of carboxylic acids is 1. The first kappa shape index (κ1) is 10.9. The van der Waals surface area contributed by atoms with E-state index in [9.17, 15) is 9.59 Å². The Balaban J connectivity index is 3.47. The molecule has 0 bridgehead atoms. The second-order valence-electron chi connectivity index (χ2n) is 2.55. The lowest BCUT2D eigenvalue weighted by atomic mass is 10.2. The normalized spacial score (nSPS) is 10.4. The first-order valence-electron chi connectivity index (χ1n) is 4.09. The van der Waals surface area contributed by atoms with Crippen LogP contribution in [0.25, 0.3) is 0 Å². The third-order valence-electron chi connectivity index (χ3n) is 1.43. The molecule has 0 aliphatic carbocycles. The van der Waals surface area contributed by atoms with Crippen LogP contribution >= 0.6 is 0 Å². The first-order chi connectivity index (χ1) is 5.68. The number of ketones is 1. The lowest BCUT2D eigenvalue weighted by Gasteiger charge is -1.88. The van der Waals surface area contributed by atoms with Crippen molar-refractivity contribution < 1.29 is 14.7 Å². The first-order valence-corrected chi connectivity index (χ1v) is 4.09. The van der Waals surface area contributed by atoms with Gasteiger partial charge >= 0.3 is 5.97 Å². The molecule has 0 radical (unpaired) electrons. The number of carbonyl (C=O) groups excluding carboxylic acids is 1. The lowest BCUT2D eigenvalue weighted by molar-refractivity contribution is -0.148. The van der Waals surface area contributed by atoms with Gasteiger partial charge in [0.05, 0.1) is 0 Å². The van der Waals surface area contributed by atoms with Crippen LogP contribution in [0.1, 0.15) is 32.6 Å². The molecule has 0 fully saturated rings. The zero-order valence-electron chi connectivity index (χ0n) is 7.25. The van der Waals surface area contributed by atoms with Crippen LogP contribution in [0.15, 0.2) is 12.2 Å². The fraction of sp³-hybridized carbons (Fsp3) is 0.556. The van der Waals surface area contributed by atoms with Crippen molar-refractivity contribution in [3.8, 4) is 0 Å². The number of unbranched alkanes of at least 4 members (excludes halogenated alkanes) is 2. The Kier molecular flexibility index (Phi) is 5.97. The summed E-state index contributed by atoms with van der Waals surface area (Å²) in [4.78, 5) is 20.6. The van der Waals surface area contributed by atoms with E-state index >= 15 is 0 Å². The molecule has 0 aromatic carbocycles. The molecule has 0 heterocycles. The zero-order valence-corrected chi connectivity index (χ0v) is 7.25. The monoisotopic (exact) mass is 170 g/mol. The molecule has 12 heavy (non-hydrogen) atoms. The Bertz CT molecular complexity index is 182. The number of carboxylic acid groups (broad SMARTS) is 1. The van der Waals surface area contributed by atoms with Gasteiger partial charge in [-0.3, -0.25) is 4.79 Å². The fourth-order valence-corrected chi connectivity index (χ4v) is 0.718. The highest BCUT2D eigenvalue weighted by molar-refractivity contribution is 6.33. The number of hydrogen-bond acceptors (Lipinski definition) is 2. The highest BCUT2D eigenvalue weighted by Crippen LogP contribution is 1.96. The lowest BCUT2D eigenvalue weighted by Crippen LogP contribution is -2.10. The summed E-state index contributed by atoms with van der Waals surface area (Å²) in [5, 5.41) is 8.20. The van der Waals surface area contributed by atoms with Gasteiger partial charge in [-0.05, 0) is 6.42 Å². The van der Waals surface area contributed by atoms with Gasteiger partial charge in [0.25, 0.3) is 0 Å². The summed E-state index contributed by atoms with van der Waals surface area (Å²) in [7, 11) is 0. The molecule has 0 aromatic heterocycles. The Morgan fingerprint density at radius 3 is 2.50 bits per heavy atom. The van der Waals surface area contributed by atoms with Gasteiger partial charge < -0.3 is 5.11 Å². The van der Waals surface area contributed by atoms with Gasteiger partial charge in [0, 0.05) is 6.42 Å². The minimum atomic E-state index is -1.35. The second kappa shape index (κ2) is 6.58. The van der Waals surface area contributed by atoms with Crippen molar-refractivity contribution in [2.75, 3.05) is 0 Å². The van der Waals surface area contributed by atoms with Crippen LogP contribution < -0.4 is 0 Å². The minimum absolute atomic E-state index is 0.0129. The van der Waals surface area contributed by atoms with Crippen LogP contribution in [0, 0.1) is 0 Å². The van der Waals surface area contributed by atoms with E-state index in [0.717, 1.165) is 19.3 Å². The van der Waals surface area contributed by atoms with Crippen LogP contribution in [0.4, 0.5) is 0 Å². The predicted molar refractivity (Wildman–Crippen MR) is 45.9 cm³/mol. The van der Waals surface area contributed by atoms with E-state index in [1.807, 2.05) is 6.08 Å². The fourth-order valence-electron chi connectivity index (χ4n) is 0.718. The van der Waals surface area contributed by atoms with Gasteiger partial charge in [0.2, 0.25) is 5.78 Å². The smallest absolute Gasteiger partial charge is 0.372 e. The molecular formula is C9H14O3. The Labute approximate surface area is 72.1 Å². The molecule has 3 nitrogen and oxygen atoms in total. The van der Waals surface area contributed by atoms with Crippen LogP contribution in [0.3, 0.4) is 0 Å². The number of aliphatic carboxylic acids is 1. The van der Waals surface area contributed by atoms with E-state index in [1.54, 1.807) is 6.08 Å². The molecule has 0 unspecified atom stereocenters. The summed E-state index contributed by atoms with van der Waals surface area (Å²) in [6.07, 6.45) is 6.59. The summed E-state index contributed by atoms with van der Waals surface area (Å²) >= 11 is 0. The predicted octanol–water partition coefficient (Wildman–Crippen LogP) is 1.78. The number of allylic oxidation sites excluding steroid dienone is 2. The molecule has 0 saturated heterocycles. The molecule has 68 valence electrons. The quantitative estimate of drug-likeness (QED) is 0.375. The summed E-state index contributed by atoms with van der Waals surface area (Å²) < 4.78 is 0. The maximum absolute atomic E-state index is 10.5. The zero-order chi connectivity index (χ0) is 9.40. The van der Waals surface area contributed by atoms with E-state index in [-0.39, 0.29) is 6.42 Å². The maximum Gasteiger partial charge on any atom is 0.372 e. The summed E-state index contributed by atoms with van der Waals surface area (Å²) in [6, 6.07) is 0. The molecule has 0 rings (SSSR count). The van der Waals surface area contributed by atoms with Crippen LogP contribution in [-0.2, 0) is 9.59 Å². The van der Waals surface area contributed by atoms with E-state index < -0.39 is 11.8 Å². The van der Waals surface area contributed by atoms with Crippen molar-refractivity contribution in [2.45, 2.75) is 32.6 Å². The minimum Gasteiger partial charge on any atom is -0.475 e. The van der Waals surface area contributed by atoms with Crippen LogP contribution in [0.2, 0.25) is 0 Å². The Hall–Kier alpha value is -1.12. The van der Waals surface area contributed by atoms with E-state index in [0.29, 0.717) is 0 Å². The van der Waals surface area contributed by atoms with Crippen molar-refractivity contribution in [1.82, 2.24) is 0 Å². The van der Waals surface area contributed by atoms with Crippen molar-refractivity contribution in [3.05, 3.63) is 12.2 Å². The summed E-state index contributed by atoms with van der Waals surface area (Å²) in [5.74, 6) is -2.10. The van der Waals surface area contributed by atoms with Gasteiger partial charge in [0.1, 0.15) is 0 Å². The average molecular weight is 170 g/mol. The molecule has 1 N–H and O–H groups in total. The van der Waals surface area contributed by atoms with Gasteiger partial charge in [-0.15, -0.1) is 0 Å². The molecule has 0 atom stereocenters. The third kappa shape index (κ3) is 5.65. The third-order valence-corrected chi connectivity index (χ3v) is 1.43.